The molecule has 0 saturated carbocycles. The summed E-state index contributed by atoms with van der Waals surface area (Å²) in [4.78, 5) is 26.9. The lowest BCUT2D eigenvalue weighted by Gasteiger charge is -2.16. The number of carbonyl (C=O) groups is 2. The van der Waals surface area contributed by atoms with E-state index in [4.69, 9.17) is 11.6 Å². The Morgan fingerprint density at radius 2 is 1.92 bits per heavy atom. The molecular weight excluding hydrogens is 326 g/mol. The van der Waals surface area contributed by atoms with Gasteiger partial charge in [0.15, 0.2) is 0 Å². The Kier molecular flexibility index (Phi) is 4.67. The van der Waals surface area contributed by atoms with Crippen molar-refractivity contribution in [2.45, 2.75) is 12.3 Å². The van der Waals surface area contributed by atoms with Crippen LogP contribution in [0.4, 0.5) is 0 Å². The highest BCUT2D eigenvalue weighted by atomic mass is 35.5. The van der Waals surface area contributed by atoms with E-state index < -0.39 is 11.8 Å². The third-order valence-corrected chi connectivity index (χ3v) is 4.29. The second kappa shape index (κ2) is 6.89. The summed E-state index contributed by atoms with van der Waals surface area (Å²) in [6.07, 6.45) is 1.91. The Morgan fingerprint density at radius 3 is 2.62 bits per heavy atom. The van der Waals surface area contributed by atoms with Crippen molar-refractivity contribution in [1.82, 2.24) is 4.98 Å². The fraction of sp³-hybridized carbons (Fsp3) is 0.158. The second-order valence-electron chi connectivity index (χ2n) is 5.52. The number of ether oxygens (including phenoxy) is 1. The first kappa shape index (κ1) is 16.3. The van der Waals surface area contributed by atoms with Crippen LogP contribution in [0.2, 0.25) is 5.02 Å². The van der Waals surface area contributed by atoms with Crippen LogP contribution in [0.3, 0.4) is 0 Å². The standard InChI is InChI=1S/C19H16ClNO3/c1-24-19(23)18(22)10-15(12-5-3-2-4-6-12)16-11-21-17-9-13(20)7-8-14(16)17/h2-9,11,15,21H,10H2,1H3. The van der Waals surface area contributed by atoms with Crippen LogP contribution >= 0.6 is 11.6 Å². The van der Waals surface area contributed by atoms with Gasteiger partial charge in [0.25, 0.3) is 0 Å². The van der Waals surface area contributed by atoms with Crippen LogP contribution in [0.25, 0.3) is 10.9 Å². The van der Waals surface area contributed by atoms with Crippen molar-refractivity contribution in [2.24, 2.45) is 0 Å². The predicted octanol–water partition coefficient (Wildman–Crippen LogP) is 4.09. The number of nitrogens with one attached hydrogen (secondary N) is 1. The molecule has 1 unspecified atom stereocenters. The molecule has 2 aromatic carbocycles. The van der Waals surface area contributed by atoms with Crippen molar-refractivity contribution in [3.8, 4) is 0 Å². The van der Waals surface area contributed by atoms with Gasteiger partial charge in [-0.05, 0) is 23.3 Å². The third-order valence-electron chi connectivity index (χ3n) is 4.06. The van der Waals surface area contributed by atoms with Crippen LogP contribution in [-0.4, -0.2) is 23.8 Å². The molecule has 0 bridgehead atoms. The molecule has 0 aliphatic carbocycles. The summed E-state index contributed by atoms with van der Waals surface area (Å²) < 4.78 is 4.56. The number of aromatic nitrogens is 1. The topological polar surface area (TPSA) is 59.2 Å². The fourth-order valence-electron chi connectivity index (χ4n) is 2.88. The lowest BCUT2D eigenvalue weighted by Crippen LogP contribution is -2.19. The highest BCUT2D eigenvalue weighted by molar-refractivity contribution is 6.33. The number of hydrogen-bond donors (Lipinski definition) is 1. The maximum absolute atomic E-state index is 12.1. The molecule has 1 aromatic heterocycles. The van der Waals surface area contributed by atoms with E-state index in [1.807, 2.05) is 54.7 Å². The van der Waals surface area contributed by atoms with Crippen LogP contribution in [0, 0.1) is 0 Å². The zero-order valence-corrected chi connectivity index (χ0v) is 13.8. The Balaban J connectivity index is 2.06. The van der Waals surface area contributed by atoms with Crippen molar-refractivity contribution in [1.29, 1.82) is 0 Å². The Bertz CT molecular complexity index is 886. The Hall–Kier alpha value is -2.59. The first-order valence-corrected chi connectivity index (χ1v) is 7.90. The smallest absolute Gasteiger partial charge is 0.374 e. The van der Waals surface area contributed by atoms with Crippen molar-refractivity contribution >= 4 is 34.3 Å². The van der Waals surface area contributed by atoms with Gasteiger partial charge in [-0.2, -0.15) is 0 Å². The van der Waals surface area contributed by atoms with E-state index in [0.717, 1.165) is 22.0 Å². The molecule has 0 aliphatic heterocycles. The predicted molar refractivity (Wildman–Crippen MR) is 93.2 cm³/mol. The van der Waals surface area contributed by atoms with Gasteiger partial charge in [-0.15, -0.1) is 0 Å². The van der Waals surface area contributed by atoms with Gasteiger partial charge in [-0.1, -0.05) is 48.0 Å². The van der Waals surface area contributed by atoms with Gasteiger partial charge in [0.1, 0.15) is 0 Å². The number of esters is 1. The van der Waals surface area contributed by atoms with E-state index >= 15 is 0 Å². The number of ketones is 1. The molecule has 3 aromatic rings. The molecule has 0 spiro atoms. The van der Waals surface area contributed by atoms with Crippen molar-refractivity contribution in [2.75, 3.05) is 7.11 Å². The van der Waals surface area contributed by atoms with Gasteiger partial charge in [0, 0.05) is 34.5 Å². The lowest BCUT2D eigenvalue weighted by atomic mass is 9.87. The quantitative estimate of drug-likeness (QED) is 0.561. The van der Waals surface area contributed by atoms with Gasteiger partial charge in [-0.25, -0.2) is 4.79 Å². The number of H-pyrrole nitrogens is 1. The van der Waals surface area contributed by atoms with Gasteiger partial charge in [0.05, 0.1) is 7.11 Å². The molecule has 0 radical (unpaired) electrons. The molecule has 24 heavy (non-hydrogen) atoms. The molecule has 1 atom stereocenters. The Morgan fingerprint density at radius 1 is 1.17 bits per heavy atom. The number of aromatic amines is 1. The van der Waals surface area contributed by atoms with Crippen molar-refractivity contribution in [3.63, 3.8) is 0 Å². The number of rotatable bonds is 5. The fourth-order valence-corrected chi connectivity index (χ4v) is 3.06. The summed E-state index contributed by atoms with van der Waals surface area (Å²) in [5, 5.41) is 1.61. The van der Waals surface area contributed by atoms with Crippen LogP contribution in [0.1, 0.15) is 23.5 Å². The number of halogens is 1. The van der Waals surface area contributed by atoms with E-state index in [1.54, 1.807) is 0 Å². The van der Waals surface area contributed by atoms with E-state index in [0.29, 0.717) is 5.02 Å². The molecule has 1 N–H and O–H groups in total. The summed E-state index contributed by atoms with van der Waals surface area (Å²) in [7, 11) is 1.21. The lowest BCUT2D eigenvalue weighted by molar-refractivity contribution is -0.151. The molecule has 5 heteroatoms. The highest BCUT2D eigenvalue weighted by Gasteiger charge is 2.25. The largest absolute Gasteiger partial charge is 0.463 e. The molecule has 1 heterocycles. The Labute approximate surface area is 144 Å². The number of methoxy groups -OCH3 is 1. The third kappa shape index (κ3) is 3.19. The number of benzene rings is 2. The van der Waals surface area contributed by atoms with E-state index in [-0.39, 0.29) is 12.3 Å². The minimum absolute atomic E-state index is 0.0479. The average molecular weight is 342 g/mol. The first-order chi connectivity index (χ1) is 11.6. The molecule has 3 rings (SSSR count). The molecule has 0 fully saturated rings. The van der Waals surface area contributed by atoms with Crippen LogP contribution < -0.4 is 0 Å². The van der Waals surface area contributed by atoms with E-state index in [2.05, 4.69) is 9.72 Å². The van der Waals surface area contributed by atoms with Crippen LogP contribution in [-0.2, 0) is 14.3 Å². The minimum Gasteiger partial charge on any atom is -0.463 e. The summed E-state index contributed by atoms with van der Waals surface area (Å²) in [6, 6.07) is 15.2. The first-order valence-electron chi connectivity index (χ1n) is 7.52. The van der Waals surface area contributed by atoms with Gasteiger partial charge >= 0.3 is 5.97 Å². The zero-order valence-electron chi connectivity index (χ0n) is 13.1. The number of Topliss-reactive ketones (excluding diaryl/α,β-unsaturated/α-hetero) is 1. The van der Waals surface area contributed by atoms with E-state index in [1.165, 1.54) is 7.11 Å². The molecular formula is C19H16ClNO3. The number of fused-ring (bicyclic) bond motifs is 1. The average Bonchev–Trinajstić information content (AvgIpc) is 3.02. The molecule has 0 amide bonds. The summed E-state index contributed by atoms with van der Waals surface area (Å²) in [6.45, 7) is 0. The summed E-state index contributed by atoms with van der Waals surface area (Å²) >= 11 is 6.03. The molecule has 122 valence electrons. The van der Waals surface area contributed by atoms with Gasteiger partial charge < -0.3 is 9.72 Å². The monoisotopic (exact) mass is 341 g/mol. The molecule has 0 saturated heterocycles. The number of carbonyl (C=O) groups excluding carboxylic acids is 2. The van der Waals surface area contributed by atoms with Crippen LogP contribution in [0.15, 0.2) is 54.7 Å². The van der Waals surface area contributed by atoms with Gasteiger partial charge in [0.2, 0.25) is 5.78 Å². The summed E-state index contributed by atoms with van der Waals surface area (Å²) in [5.41, 5.74) is 2.81. The summed E-state index contributed by atoms with van der Waals surface area (Å²) in [5.74, 6) is -1.61. The molecule has 0 aliphatic rings. The maximum Gasteiger partial charge on any atom is 0.374 e. The zero-order chi connectivity index (χ0) is 17.1. The van der Waals surface area contributed by atoms with E-state index in [9.17, 15) is 9.59 Å². The highest BCUT2D eigenvalue weighted by Crippen LogP contribution is 2.34. The van der Waals surface area contributed by atoms with Crippen molar-refractivity contribution < 1.29 is 14.3 Å². The maximum atomic E-state index is 12.1. The number of hydrogen-bond acceptors (Lipinski definition) is 3. The van der Waals surface area contributed by atoms with Crippen LogP contribution in [0.5, 0.6) is 0 Å². The van der Waals surface area contributed by atoms with Crippen molar-refractivity contribution in [3.05, 3.63) is 70.9 Å². The second-order valence-corrected chi connectivity index (χ2v) is 5.95. The molecule has 4 nitrogen and oxygen atoms in total. The SMILES string of the molecule is COC(=O)C(=O)CC(c1ccccc1)c1c[nH]c2cc(Cl)ccc12. The minimum atomic E-state index is -0.821. The van der Waals surface area contributed by atoms with Gasteiger partial charge in [-0.3, -0.25) is 4.79 Å². The normalized spacial score (nSPS) is 12.1.